The third kappa shape index (κ3) is 5.13. The highest BCUT2D eigenvalue weighted by molar-refractivity contribution is 6.06. The van der Waals surface area contributed by atoms with Crippen molar-refractivity contribution >= 4 is 11.8 Å². The molecule has 0 aliphatic carbocycles. The van der Waals surface area contributed by atoms with Crippen molar-refractivity contribution < 1.29 is 14.3 Å². The number of fused-ring (bicyclic) bond motifs is 3. The van der Waals surface area contributed by atoms with Crippen LogP contribution in [0.1, 0.15) is 23.6 Å². The highest BCUT2D eigenvalue weighted by Gasteiger charge is 2.40. The van der Waals surface area contributed by atoms with E-state index in [2.05, 4.69) is 76.5 Å². The zero-order valence-electron chi connectivity index (χ0n) is 19.6. The Bertz CT molecular complexity index is 1010. The highest BCUT2D eigenvalue weighted by Crippen LogP contribution is 2.35. The van der Waals surface area contributed by atoms with Crippen LogP contribution >= 0.6 is 0 Å². The highest BCUT2D eigenvalue weighted by atomic mass is 16.6. The summed E-state index contributed by atoms with van der Waals surface area (Å²) in [5.41, 5.74) is 5.87. The van der Waals surface area contributed by atoms with E-state index < -0.39 is 0 Å². The number of nitrogens with zero attached hydrogens (tertiary/aromatic N) is 3. The summed E-state index contributed by atoms with van der Waals surface area (Å²) >= 11 is 0. The molecule has 0 saturated carbocycles. The van der Waals surface area contributed by atoms with Gasteiger partial charge in [0.25, 0.3) is 0 Å². The van der Waals surface area contributed by atoms with E-state index in [0.29, 0.717) is 13.2 Å². The first-order valence-corrected chi connectivity index (χ1v) is 11.9. The second kappa shape index (κ2) is 10.1. The number of oxime groups is 1. The van der Waals surface area contributed by atoms with Crippen LogP contribution in [-0.4, -0.2) is 74.6 Å². The lowest BCUT2D eigenvalue weighted by Crippen LogP contribution is -2.50. The Morgan fingerprint density at radius 1 is 1.09 bits per heavy atom. The minimum atomic E-state index is 0.0538. The van der Waals surface area contributed by atoms with Crippen molar-refractivity contribution in [3.05, 3.63) is 70.8 Å². The second-order valence-corrected chi connectivity index (χ2v) is 9.28. The number of hydrogen-bond acceptors (Lipinski definition) is 6. The molecule has 0 spiro atoms. The van der Waals surface area contributed by atoms with Crippen LogP contribution in [0.15, 0.2) is 59.3 Å². The fourth-order valence-corrected chi connectivity index (χ4v) is 4.99. The molecule has 0 bridgehead atoms. The smallest absolute Gasteiger partial charge is 0.151 e. The summed E-state index contributed by atoms with van der Waals surface area (Å²) in [5, 5.41) is 4.48. The van der Waals surface area contributed by atoms with E-state index in [9.17, 15) is 0 Å². The molecular weight excluding hydrogens is 414 g/mol. The van der Waals surface area contributed by atoms with E-state index >= 15 is 0 Å². The van der Waals surface area contributed by atoms with Gasteiger partial charge in [0, 0.05) is 51.9 Å². The molecule has 1 fully saturated rings. The maximum Gasteiger partial charge on any atom is 0.151 e. The standard InChI is InChI=1S/C27H33N3O3/c1-20(14-21-6-4-3-5-7-21)16-29-10-12-30(13-11-29)17-26-24-19-32-25-15-22(18-31-2)8-9-23(25)27(24)28-33-26/h3-9,14-15,24,26H,10-13,16-19H2,1-2H3. The fourth-order valence-electron chi connectivity index (χ4n) is 4.99. The molecule has 33 heavy (non-hydrogen) atoms. The molecule has 2 unspecified atom stereocenters. The SMILES string of the molecule is COCc1ccc2c(c1)OCC1C2=NOC1CN1CCN(CC(C)=Cc2ccccc2)CC1. The van der Waals surface area contributed by atoms with E-state index in [1.165, 1.54) is 11.1 Å². The molecule has 0 radical (unpaired) electrons. The van der Waals surface area contributed by atoms with E-state index in [1.807, 2.05) is 0 Å². The van der Waals surface area contributed by atoms with E-state index in [4.69, 9.17) is 14.3 Å². The lowest BCUT2D eigenvalue weighted by molar-refractivity contribution is 0.0101. The van der Waals surface area contributed by atoms with Gasteiger partial charge in [-0.2, -0.15) is 0 Å². The normalized spacial score (nSPS) is 23.3. The Morgan fingerprint density at radius 3 is 2.67 bits per heavy atom. The third-order valence-corrected chi connectivity index (χ3v) is 6.73. The Balaban J connectivity index is 1.12. The van der Waals surface area contributed by atoms with Crippen molar-refractivity contribution in [1.29, 1.82) is 0 Å². The number of methoxy groups -OCH3 is 1. The number of piperazine rings is 1. The van der Waals surface area contributed by atoms with Crippen molar-refractivity contribution in [2.45, 2.75) is 19.6 Å². The average Bonchev–Trinajstić information content (AvgIpc) is 3.24. The van der Waals surface area contributed by atoms with Gasteiger partial charge in [-0.1, -0.05) is 53.2 Å². The van der Waals surface area contributed by atoms with Gasteiger partial charge in [-0.3, -0.25) is 9.80 Å². The van der Waals surface area contributed by atoms with Gasteiger partial charge in [0.1, 0.15) is 18.1 Å². The van der Waals surface area contributed by atoms with Gasteiger partial charge in [0.15, 0.2) is 6.10 Å². The molecule has 6 nitrogen and oxygen atoms in total. The summed E-state index contributed by atoms with van der Waals surface area (Å²) in [5.74, 6) is 1.08. The molecule has 3 aliphatic rings. The average molecular weight is 448 g/mol. The molecule has 2 atom stereocenters. The molecule has 5 rings (SSSR count). The number of benzene rings is 2. The molecule has 3 heterocycles. The van der Waals surface area contributed by atoms with Crippen molar-refractivity contribution in [2.75, 3.05) is 53.0 Å². The van der Waals surface area contributed by atoms with E-state index in [0.717, 1.165) is 61.9 Å². The minimum Gasteiger partial charge on any atom is -0.492 e. The monoisotopic (exact) mass is 447 g/mol. The number of rotatable bonds is 7. The maximum absolute atomic E-state index is 6.10. The zero-order chi connectivity index (χ0) is 22.6. The van der Waals surface area contributed by atoms with Crippen LogP contribution < -0.4 is 4.74 Å². The quantitative estimate of drug-likeness (QED) is 0.648. The molecule has 3 aliphatic heterocycles. The molecule has 0 N–H and O–H groups in total. The summed E-state index contributed by atoms with van der Waals surface area (Å²) in [6.07, 6.45) is 2.34. The molecule has 6 heteroatoms. The summed E-state index contributed by atoms with van der Waals surface area (Å²) in [7, 11) is 1.71. The first kappa shape index (κ1) is 22.1. The van der Waals surface area contributed by atoms with Gasteiger partial charge in [-0.05, 0) is 30.2 Å². The largest absolute Gasteiger partial charge is 0.492 e. The topological polar surface area (TPSA) is 46.5 Å². The van der Waals surface area contributed by atoms with Crippen molar-refractivity contribution in [3.8, 4) is 5.75 Å². The van der Waals surface area contributed by atoms with Crippen LogP contribution in [0.3, 0.4) is 0 Å². The first-order valence-electron chi connectivity index (χ1n) is 11.9. The molecule has 1 saturated heterocycles. The molecule has 0 aromatic heterocycles. The summed E-state index contributed by atoms with van der Waals surface area (Å²) in [6, 6.07) is 16.8. The van der Waals surface area contributed by atoms with Crippen LogP contribution in [0, 0.1) is 5.92 Å². The van der Waals surface area contributed by atoms with Gasteiger partial charge in [-0.25, -0.2) is 0 Å². The predicted octanol–water partition coefficient (Wildman–Crippen LogP) is 3.67. The zero-order valence-corrected chi connectivity index (χ0v) is 19.6. The van der Waals surface area contributed by atoms with Gasteiger partial charge in [-0.15, -0.1) is 0 Å². The van der Waals surface area contributed by atoms with Crippen LogP contribution in [0.25, 0.3) is 6.08 Å². The Hall–Kier alpha value is -2.67. The Morgan fingerprint density at radius 2 is 1.88 bits per heavy atom. The Kier molecular flexibility index (Phi) is 6.76. The molecular formula is C27H33N3O3. The minimum absolute atomic E-state index is 0.0538. The van der Waals surface area contributed by atoms with E-state index in [-0.39, 0.29) is 12.0 Å². The van der Waals surface area contributed by atoms with Gasteiger partial charge >= 0.3 is 0 Å². The van der Waals surface area contributed by atoms with Crippen LogP contribution in [0.5, 0.6) is 5.75 Å². The van der Waals surface area contributed by atoms with E-state index in [1.54, 1.807) is 7.11 Å². The Labute approximate surface area is 196 Å². The number of hydrogen-bond donors (Lipinski definition) is 0. The number of ether oxygens (including phenoxy) is 2. The van der Waals surface area contributed by atoms with Crippen LogP contribution in [-0.2, 0) is 16.2 Å². The molecule has 2 aromatic carbocycles. The lowest BCUT2D eigenvalue weighted by Gasteiger charge is -2.36. The van der Waals surface area contributed by atoms with Gasteiger partial charge in [0.2, 0.25) is 0 Å². The molecule has 174 valence electrons. The molecule has 2 aromatic rings. The third-order valence-electron chi connectivity index (χ3n) is 6.73. The second-order valence-electron chi connectivity index (χ2n) is 9.28. The van der Waals surface area contributed by atoms with Crippen LogP contribution in [0.2, 0.25) is 0 Å². The first-order chi connectivity index (χ1) is 16.2. The van der Waals surface area contributed by atoms with Crippen molar-refractivity contribution in [3.63, 3.8) is 0 Å². The maximum atomic E-state index is 6.10. The van der Waals surface area contributed by atoms with Crippen molar-refractivity contribution in [2.24, 2.45) is 11.1 Å². The van der Waals surface area contributed by atoms with Crippen LogP contribution in [0.4, 0.5) is 0 Å². The fraction of sp³-hybridized carbons (Fsp3) is 0.444. The predicted molar refractivity (Wildman–Crippen MR) is 131 cm³/mol. The van der Waals surface area contributed by atoms with Crippen molar-refractivity contribution in [1.82, 2.24) is 9.80 Å². The van der Waals surface area contributed by atoms with Gasteiger partial charge < -0.3 is 14.3 Å². The molecule has 0 amide bonds. The summed E-state index contributed by atoms with van der Waals surface area (Å²) in [6.45, 7) is 9.61. The summed E-state index contributed by atoms with van der Waals surface area (Å²) in [4.78, 5) is 11.0. The van der Waals surface area contributed by atoms with Gasteiger partial charge in [0.05, 0.1) is 12.5 Å². The lowest BCUT2D eigenvalue weighted by atomic mass is 9.89. The summed E-state index contributed by atoms with van der Waals surface area (Å²) < 4.78 is 11.3.